The molecule has 2 unspecified atom stereocenters. The van der Waals surface area contributed by atoms with E-state index in [0.29, 0.717) is 12.5 Å². The van der Waals surface area contributed by atoms with Gasteiger partial charge in [0.1, 0.15) is 0 Å². The summed E-state index contributed by atoms with van der Waals surface area (Å²) in [6, 6.07) is 0.683. The summed E-state index contributed by atoms with van der Waals surface area (Å²) in [5.74, 6) is 0.965. The molecule has 3 fully saturated rings. The average molecular weight is 239 g/mol. The molecule has 0 radical (unpaired) electrons. The van der Waals surface area contributed by atoms with E-state index in [1.807, 2.05) is 0 Å². The number of hydrogen-bond donors (Lipinski definition) is 2. The molecule has 0 aromatic carbocycles. The summed E-state index contributed by atoms with van der Waals surface area (Å²) in [5, 5.41) is 12.5. The summed E-state index contributed by atoms with van der Waals surface area (Å²) in [4.78, 5) is 10.8. The van der Waals surface area contributed by atoms with E-state index in [0.717, 1.165) is 24.8 Å². The fourth-order valence-corrected chi connectivity index (χ4v) is 2.93. The zero-order valence-electron chi connectivity index (χ0n) is 10.1. The van der Waals surface area contributed by atoms with Crippen LogP contribution in [0, 0.1) is 11.8 Å². The van der Waals surface area contributed by atoms with Crippen LogP contribution in [0.2, 0.25) is 0 Å². The first-order chi connectivity index (χ1) is 8.24. The highest BCUT2D eigenvalue weighted by molar-refractivity contribution is 5.72. The van der Waals surface area contributed by atoms with Gasteiger partial charge in [-0.2, -0.15) is 0 Å². The van der Waals surface area contributed by atoms with E-state index in [1.54, 1.807) is 0 Å². The number of carbonyl (C=O) groups is 1. The van der Waals surface area contributed by atoms with E-state index >= 15 is 0 Å². The molecule has 4 nitrogen and oxygen atoms in total. The zero-order valence-corrected chi connectivity index (χ0v) is 10.1. The van der Waals surface area contributed by atoms with Gasteiger partial charge < -0.3 is 15.2 Å². The smallest absolute Gasteiger partial charge is 0.332 e. The molecule has 0 aromatic heterocycles. The van der Waals surface area contributed by atoms with E-state index in [4.69, 9.17) is 9.84 Å². The van der Waals surface area contributed by atoms with Gasteiger partial charge in [-0.1, -0.05) is 0 Å². The second-order valence-electron chi connectivity index (χ2n) is 5.77. The number of rotatable bonds is 6. The van der Waals surface area contributed by atoms with Crippen molar-refractivity contribution in [1.82, 2.24) is 5.32 Å². The molecule has 1 saturated heterocycles. The van der Waals surface area contributed by atoms with Crippen LogP contribution in [0.5, 0.6) is 0 Å². The lowest BCUT2D eigenvalue weighted by molar-refractivity contribution is -0.149. The fourth-order valence-electron chi connectivity index (χ4n) is 2.93. The van der Waals surface area contributed by atoms with Crippen LogP contribution in [0.25, 0.3) is 0 Å². The Morgan fingerprint density at radius 1 is 1.18 bits per heavy atom. The number of hydrogen-bond acceptors (Lipinski definition) is 3. The molecule has 0 bridgehead atoms. The monoisotopic (exact) mass is 239 g/mol. The van der Waals surface area contributed by atoms with Crippen molar-refractivity contribution in [2.45, 2.75) is 56.8 Å². The largest absolute Gasteiger partial charge is 0.479 e. The summed E-state index contributed by atoms with van der Waals surface area (Å²) in [5.41, 5.74) is 0. The Hall–Kier alpha value is -0.610. The second-order valence-corrected chi connectivity index (χ2v) is 5.77. The van der Waals surface area contributed by atoms with Gasteiger partial charge in [0.25, 0.3) is 0 Å². The molecule has 0 spiro atoms. The zero-order chi connectivity index (χ0) is 11.8. The first-order valence-electron chi connectivity index (χ1n) is 6.85. The van der Waals surface area contributed by atoms with Crippen molar-refractivity contribution in [3.05, 3.63) is 0 Å². The molecule has 17 heavy (non-hydrogen) atoms. The van der Waals surface area contributed by atoms with Crippen LogP contribution in [0.3, 0.4) is 0 Å². The minimum Gasteiger partial charge on any atom is -0.479 e. The topological polar surface area (TPSA) is 58.6 Å². The first-order valence-corrected chi connectivity index (χ1v) is 6.85. The van der Waals surface area contributed by atoms with Crippen molar-refractivity contribution < 1.29 is 14.6 Å². The van der Waals surface area contributed by atoms with E-state index < -0.39 is 12.1 Å². The quantitative estimate of drug-likeness (QED) is 0.735. The van der Waals surface area contributed by atoms with Gasteiger partial charge in [0.15, 0.2) is 6.10 Å². The Labute approximate surface area is 102 Å². The van der Waals surface area contributed by atoms with Gasteiger partial charge in [0.2, 0.25) is 0 Å². The predicted molar refractivity (Wildman–Crippen MR) is 62.8 cm³/mol. The third kappa shape index (κ3) is 2.80. The van der Waals surface area contributed by atoms with E-state index in [-0.39, 0.29) is 6.10 Å². The molecular weight excluding hydrogens is 218 g/mol. The van der Waals surface area contributed by atoms with Crippen molar-refractivity contribution in [2.75, 3.05) is 6.54 Å². The van der Waals surface area contributed by atoms with Crippen LogP contribution in [0.15, 0.2) is 0 Å². The summed E-state index contributed by atoms with van der Waals surface area (Å²) < 4.78 is 5.51. The van der Waals surface area contributed by atoms with Crippen LogP contribution in [-0.2, 0) is 9.53 Å². The van der Waals surface area contributed by atoms with Gasteiger partial charge >= 0.3 is 5.97 Å². The van der Waals surface area contributed by atoms with Crippen LogP contribution in [0.1, 0.15) is 38.5 Å². The molecule has 1 aliphatic heterocycles. The van der Waals surface area contributed by atoms with Gasteiger partial charge in [-0.15, -0.1) is 0 Å². The molecule has 0 aromatic rings. The molecule has 3 rings (SSSR count). The number of carboxylic acids is 1. The Morgan fingerprint density at radius 3 is 2.29 bits per heavy atom. The average Bonchev–Trinajstić information content (AvgIpc) is 3.20. The lowest BCUT2D eigenvalue weighted by atomic mass is 10.1. The molecule has 0 amide bonds. The summed E-state index contributed by atoms with van der Waals surface area (Å²) in [7, 11) is 0. The summed E-state index contributed by atoms with van der Waals surface area (Å²) >= 11 is 0. The predicted octanol–water partition coefficient (Wildman–Crippen LogP) is 1.40. The Bertz CT molecular complexity index is 287. The molecule has 2 atom stereocenters. The van der Waals surface area contributed by atoms with Gasteiger partial charge in [0.05, 0.1) is 6.10 Å². The van der Waals surface area contributed by atoms with Gasteiger partial charge in [-0.05, 0) is 50.4 Å². The minimum atomic E-state index is -0.812. The molecule has 2 N–H and O–H groups in total. The maximum Gasteiger partial charge on any atom is 0.332 e. The maximum absolute atomic E-state index is 10.8. The highest BCUT2D eigenvalue weighted by Gasteiger charge is 2.41. The van der Waals surface area contributed by atoms with E-state index in [2.05, 4.69) is 5.32 Å². The van der Waals surface area contributed by atoms with Crippen molar-refractivity contribution >= 4 is 5.97 Å². The van der Waals surface area contributed by atoms with Crippen LogP contribution in [0.4, 0.5) is 0 Å². The molecule has 2 aliphatic carbocycles. The summed E-state index contributed by atoms with van der Waals surface area (Å²) in [6.45, 7) is 0.835. The SMILES string of the molecule is O=C(O)C1CCC(CNC(C2CC2)C2CC2)O1. The third-order valence-electron chi connectivity index (χ3n) is 4.22. The third-order valence-corrected chi connectivity index (χ3v) is 4.22. The number of ether oxygens (including phenoxy) is 1. The van der Waals surface area contributed by atoms with Gasteiger partial charge in [-0.25, -0.2) is 4.79 Å². The summed E-state index contributed by atoms with van der Waals surface area (Å²) in [6.07, 6.45) is 6.58. The van der Waals surface area contributed by atoms with Gasteiger partial charge in [-0.3, -0.25) is 0 Å². The molecule has 4 heteroatoms. The van der Waals surface area contributed by atoms with Crippen LogP contribution in [-0.4, -0.2) is 35.9 Å². The van der Waals surface area contributed by atoms with Crippen molar-refractivity contribution in [3.8, 4) is 0 Å². The maximum atomic E-state index is 10.8. The Morgan fingerprint density at radius 2 is 1.82 bits per heavy atom. The van der Waals surface area contributed by atoms with Gasteiger partial charge in [0, 0.05) is 12.6 Å². The van der Waals surface area contributed by atoms with Crippen molar-refractivity contribution in [3.63, 3.8) is 0 Å². The number of nitrogens with one attached hydrogen (secondary N) is 1. The molecular formula is C13H21NO3. The van der Waals surface area contributed by atoms with E-state index in [9.17, 15) is 4.79 Å². The highest BCUT2D eigenvalue weighted by Crippen LogP contribution is 2.44. The standard InChI is InChI=1S/C13H21NO3/c15-13(16)11-6-5-10(17-11)7-14-12(8-1-2-8)9-3-4-9/h8-12,14H,1-7H2,(H,15,16). The fraction of sp³-hybridized carbons (Fsp3) is 0.923. The molecule has 1 heterocycles. The van der Waals surface area contributed by atoms with E-state index in [1.165, 1.54) is 25.7 Å². The number of aliphatic carboxylic acids is 1. The lowest BCUT2D eigenvalue weighted by Crippen LogP contribution is -2.38. The minimum absolute atomic E-state index is 0.107. The first kappa shape index (κ1) is 11.5. The molecule has 2 saturated carbocycles. The molecule has 96 valence electrons. The highest BCUT2D eigenvalue weighted by atomic mass is 16.5. The Balaban J connectivity index is 1.43. The Kier molecular flexibility index (Phi) is 3.09. The second kappa shape index (κ2) is 4.58. The lowest BCUT2D eigenvalue weighted by Gasteiger charge is -2.20. The van der Waals surface area contributed by atoms with Crippen LogP contribution >= 0.6 is 0 Å². The van der Waals surface area contributed by atoms with Crippen molar-refractivity contribution in [1.29, 1.82) is 0 Å². The molecule has 3 aliphatic rings. The van der Waals surface area contributed by atoms with Crippen molar-refractivity contribution in [2.24, 2.45) is 11.8 Å². The normalized spacial score (nSPS) is 33.2. The number of carboxylic acid groups (broad SMARTS) is 1. The van der Waals surface area contributed by atoms with Crippen LogP contribution < -0.4 is 5.32 Å².